The Kier molecular flexibility index (Phi) is 13.3. The second kappa shape index (κ2) is 19.0. The molecule has 11 nitrogen and oxygen atoms in total. The second-order valence-corrected chi connectivity index (χ2v) is 17.7. The Balaban J connectivity index is 1.21. The fourth-order valence-corrected chi connectivity index (χ4v) is 9.98. The van der Waals surface area contributed by atoms with Crippen molar-refractivity contribution in [3.05, 3.63) is 157 Å². The molecular weight excluding hydrogens is 801 g/mol. The Morgan fingerprint density at radius 3 is 2.35 bits per heavy atom. The zero-order valence-electron chi connectivity index (χ0n) is 36.1. The molecule has 5 atom stereocenters. The zero-order valence-corrected chi connectivity index (χ0v) is 36.1. The van der Waals surface area contributed by atoms with E-state index in [1.165, 1.54) is 16.7 Å². The fourth-order valence-electron chi connectivity index (χ4n) is 9.98. The van der Waals surface area contributed by atoms with E-state index in [1.807, 2.05) is 6.07 Å². The Labute approximate surface area is 367 Å². The SMILES string of the molecule is CC(CO)=C1CCc2ccc(cc2)C2CCC(c3cccc(Cc4ccccc4)c3)CC2CC(=O)OC2c3c(ccc4c(CO)c(CCOCO)c(=O)oc34)OC(C)(C)C2OC1=O. The molecule has 3 aliphatic heterocycles. The largest absolute Gasteiger partial charge is 0.483 e. The molecule has 330 valence electrons. The Bertz CT molecular complexity index is 2540. The lowest BCUT2D eigenvalue weighted by Gasteiger charge is -2.43. The van der Waals surface area contributed by atoms with Crippen LogP contribution in [0, 0.1) is 5.92 Å². The van der Waals surface area contributed by atoms with Crippen molar-refractivity contribution >= 4 is 22.9 Å². The van der Waals surface area contributed by atoms with Crippen LogP contribution >= 0.6 is 0 Å². The van der Waals surface area contributed by atoms with Gasteiger partial charge in [-0.3, -0.25) is 4.79 Å². The number of aliphatic hydroxyl groups is 3. The zero-order chi connectivity index (χ0) is 44.3. The molecule has 0 amide bonds. The van der Waals surface area contributed by atoms with E-state index in [1.54, 1.807) is 32.9 Å². The van der Waals surface area contributed by atoms with Crippen molar-refractivity contribution in [2.45, 2.75) is 108 Å². The van der Waals surface area contributed by atoms with Gasteiger partial charge in [-0.05, 0) is 128 Å². The summed E-state index contributed by atoms with van der Waals surface area (Å²) in [6.45, 7) is 3.77. The highest BCUT2D eigenvalue weighted by Gasteiger charge is 2.51. The Morgan fingerprint density at radius 2 is 1.60 bits per heavy atom. The number of aliphatic hydroxyl groups excluding tert-OH is 3. The number of fused-ring (bicyclic) bond motifs is 11. The van der Waals surface area contributed by atoms with Gasteiger partial charge in [0.05, 0.1) is 25.4 Å². The molecule has 9 rings (SSSR count). The average Bonchev–Trinajstić information content (AvgIpc) is 3.27. The summed E-state index contributed by atoms with van der Waals surface area (Å²) in [5, 5.41) is 30.5. The van der Waals surface area contributed by atoms with Gasteiger partial charge in [-0.1, -0.05) is 78.9 Å². The number of carbonyl (C=O) groups is 2. The average molecular weight is 857 g/mol. The van der Waals surface area contributed by atoms with Crippen molar-refractivity contribution in [3.63, 3.8) is 0 Å². The van der Waals surface area contributed by atoms with Crippen LogP contribution in [0.1, 0.15) is 115 Å². The van der Waals surface area contributed by atoms with E-state index in [4.69, 9.17) is 23.4 Å². The molecule has 63 heavy (non-hydrogen) atoms. The van der Waals surface area contributed by atoms with Gasteiger partial charge < -0.3 is 38.7 Å². The maximum atomic E-state index is 14.8. The summed E-state index contributed by atoms with van der Waals surface area (Å²) in [4.78, 5) is 42.8. The molecule has 4 heterocycles. The summed E-state index contributed by atoms with van der Waals surface area (Å²) < 4.78 is 30.6. The molecule has 4 aromatic carbocycles. The summed E-state index contributed by atoms with van der Waals surface area (Å²) in [7, 11) is 0. The molecule has 1 saturated carbocycles. The Hall–Kier alpha value is -5.59. The second-order valence-electron chi connectivity index (χ2n) is 17.7. The molecule has 1 fully saturated rings. The number of hydrogen-bond acceptors (Lipinski definition) is 11. The van der Waals surface area contributed by atoms with Gasteiger partial charge in [-0.25, -0.2) is 9.59 Å². The highest BCUT2D eigenvalue weighted by Crippen LogP contribution is 2.50. The Morgan fingerprint density at radius 1 is 0.825 bits per heavy atom. The lowest BCUT2D eigenvalue weighted by atomic mass is 9.68. The lowest BCUT2D eigenvalue weighted by molar-refractivity contribution is -0.188. The van der Waals surface area contributed by atoms with Crippen LogP contribution in [0.25, 0.3) is 11.0 Å². The van der Waals surface area contributed by atoms with Crippen LogP contribution < -0.4 is 10.4 Å². The number of carbonyl (C=O) groups excluding carboxylic acids is 2. The van der Waals surface area contributed by atoms with Gasteiger partial charge in [0.25, 0.3) is 0 Å². The third-order valence-corrected chi connectivity index (χ3v) is 13.3. The molecule has 3 N–H and O–H groups in total. The van der Waals surface area contributed by atoms with Crippen LogP contribution in [-0.4, -0.2) is 59.0 Å². The standard InChI is InChI=1S/C52H56O11/c1-31(28-53)39-18-14-32-12-15-35(16-13-32)40-19-17-37(36-11-7-10-34(25-36)24-33-8-5-4-6-9-33)26-38(40)27-45(56)60-48-46-44(63-52(2,3)49(48)62-50(39)57)21-20-41-43(29-54)42(22-23-59-30-55)51(58)61-47(41)46/h4-13,15-16,20-21,25,37-38,40,48-49,53-55H,14,17-19,22-24,26-30H2,1-3H3. The van der Waals surface area contributed by atoms with Gasteiger partial charge in [-0.15, -0.1) is 0 Å². The van der Waals surface area contributed by atoms with Gasteiger partial charge in [0.15, 0.2) is 12.2 Å². The van der Waals surface area contributed by atoms with E-state index in [0.29, 0.717) is 28.5 Å². The molecule has 5 unspecified atom stereocenters. The van der Waals surface area contributed by atoms with E-state index < -0.39 is 48.8 Å². The number of ether oxygens (including phenoxy) is 4. The summed E-state index contributed by atoms with van der Waals surface area (Å²) in [6, 6.07) is 31.0. The van der Waals surface area contributed by atoms with Gasteiger partial charge in [0.2, 0.25) is 0 Å². The topological polar surface area (TPSA) is 162 Å². The number of hydrogen-bond donors (Lipinski definition) is 3. The van der Waals surface area contributed by atoms with Crippen molar-refractivity contribution < 1.29 is 48.3 Å². The van der Waals surface area contributed by atoms with E-state index in [-0.39, 0.29) is 72.7 Å². The molecule has 5 aromatic rings. The van der Waals surface area contributed by atoms with Crippen molar-refractivity contribution in [2.24, 2.45) is 5.92 Å². The quantitative estimate of drug-likeness (QED) is 0.0432. The third kappa shape index (κ3) is 9.38. The number of esters is 2. The normalized spacial score (nSPS) is 23.2. The minimum Gasteiger partial charge on any atom is -0.483 e. The van der Waals surface area contributed by atoms with Crippen LogP contribution in [-0.2, 0) is 49.7 Å². The van der Waals surface area contributed by atoms with Crippen molar-refractivity contribution in [3.8, 4) is 5.75 Å². The molecule has 4 aliphatic rings. The van der Waals surface area contributed by atoms with Gasteiger partial charge in [0, 0.05) is 29.4 Å². The monoisotopic (exact) mass is 856 g/mol. The molecule has 11 heteroatoms. The van der Waals surface area contributed by atoms with Crippen molar-refractivity contribution in [1.29, 1.82) is 0 Å². The number of benzene rings is 4. The van der Waals surface area contributed by atoms with Crippen LogP contribution in [0.4, 0.5) is 0 Å². The van der Waals surface area contributed by atoms with Crippen molar-refractivity contribution in [2.75, 3.05) is 20.0 Å². The summed E-state index contributed by atoms with van der Waals surface area (Å²) in [5.74, 6) is -0.750. The lowest BCUT2D eigenvalue weighted by Crippen LogP contribution is -2.52. The predicted octanol–water partition coefficient (Wildman–Crippen LogP) is 8.06. The highest BCUT2D eigenvalue weighted by atomic mass is 16.6. The van der Waals surface area contributed by atoms with E-state index >= 15 is 0 Å². The molecule has 1 aromatic heterocycles. The first-order valence-electron chi connectivity index (χ1n) is 22.0. The molecule has 0 spiro atoms. The van der Waals surface area contributed by atoms with E-state index in [2.05, 4.69) is 72.8 Å². The van der Waals surface area contributed by atoms with Crippen LogP contribution in [0.5, 0.6) is 5.75 Å². The minimum absolute atomic E-state index is 0.00942. The first-order valence-corrected chi connectivity index (χ1v) is 22.0. The first kappa shape index (κ1) is 44.0. The summed E-state index contributed by atoms with van der Waals surface area (Å²) in [5.41, 5.74) is 5.35. The first-order chi connectivity index (χ1) is 30.5. The molecule has 0 radical (unpaired) electrons. The predicted molar refractivity (Wildman–Crippen MR) is 236 cm³/mol. The van der Waals surface area contributed by atoms with Crippen LogP contribution in [0.15, 0.2) is 111 Å². The van der Waals surface area contributed by atoms with Crippen LogP contribution in [0.3, 0.4) is 0 Å². The third-order valence-electron chi connectivity index (χ3n) is 13.3. The van der Waals surface area contributed by atoms with Gasteiger partial charge in [-0.2, -0.15) is 0 Å². The highest BCUT2D eigenvalue weighted by molar-refractivity contribution is 5.90. The number of aryl methyl sites for hydroxylation is 1. The van der Waals surface area contributed by atoms with E-state index in [0.717, 1.165) is 36.8 Å². The van der Waals surface area contributed by atoms with Crippen LogP contribution in [0.2, 0.25) is 0 Å². The molecule has 0 saturated heterocycles. The molecule has 1 aliphatic carbocycles. The molecule has 2 bridgehead atoms. The fraction of sp³-hybridized carbons (Fsp3) is 0.404. The van der Waals surface area contributed by atoms with Crippen molar-refractivity contribution in [1.82, 2.24) is 0 Å². The van der Waals surface area contributed by atoms with E-state index in [9.17, 15) is 29.7 Å². The minimum atomic E-state index is -1.29. The molecular formula is C52H56O11. The number of rotatable bonds is 9. The van der Waals surface area contributed by atoms with Gasteiger partial charge in [0.1, 0.15) is 23.7 Å². The summed E-state index contributed by atoms with van der Waals surface area (Å²) in [6.07, 6.45) is 1.81. The maximum Gasteiger partial charge on any atom is 0.339 e. The summed E-state index contributed by atoms with van der Waals surface area (Å²) >= 11 is 0. The smallest absolute Gasteiger partial charge is 0.339 e. The maximum absolute atomic E-state index is 14.8. The van der Waals surface area contributed by atoms with Gasteiger partial charge >= 0.3 is 17.6 Å².